The molecule has 3 heterocycles. The molecule has 4 rings (SSSR count). The van der Waals surface area contributed by atoms with Crippen LogP contribution in [0.4, 0.5) is 0 Å². The fraction of sp³-hybridized carbons (Fsp3) is 0.118. The van der Waals surface area contributed by atoms with Gasteiger partial charge in [-0.3, -0.25) is 0 Å². The molecule has 0 amide bonds. The SMILES string of the molecule is Cc1ccc(-c2cc3nc(C(Cl)Cl)nc(-c4ccco4)n3n2)cc1. The van der Waals surface area contributed by atoms with E-state index in [1.807, 2.05) is 37.3 Å². The predicted octanol–water partition coefficient (Wildman–Crippen LogP) is 4.84. The van der Waals surface area contributed by atoms with E-state index in [4.69, 9.17) is 27.6 Å². The molecule has 0 bridgehead atoms. The van der Waals surface area contributed by atoms with Crippen LogP contribution in [0.15, 0.2) is 53.1 Å². The van der Waals surface area contributed by atoms with Crippen LogP contribution >= 0.6 is 23.2 Å². The molecule has 1 aromatic carbocycles. The van der Waals surface area contributed by atoms with Crippen LogP contribution in [0.1, 0.15) is 16.2 Å². The molecule has 0 radical (unpaired) electrons. The van der Waals surface area contributed by atoms with Gasteiger partial charge in [-0.1, -0.05) is 53.0 Å². The Labute approximate surface area is 147 Å². The van der Waals surface area contributed by atoms with Gasteiger partial charge in [0, 0.05) is 11.6 Å². The van der Waals surface area contributed by atoms with E-state index in [9.17, 15) is 0 Å². The maximum Gasteiger partial charge on any atom is 0.200 e. The largest absolute Gasteiger partial charge is 0.461 e. The van der Waals surface area contributed by atoms with Crippen LogP contribution in [-0.4, -0.2) is 19.6 Å². The minimum atomic E-state index is -0.832. The summed E-state index contributed by atoms with van der Waals surface area (Å²) in [6.45, 7) is 2.04. The number of rotatable bonds is 3. The zero-order valence-corrected chi connectivity index (χ0v) is 14.2. The van der Waals surface area contributed by atoms with Crippen molar-refractivity contribution in [3.63, 3.8) is 0 Å². The van der Waals surface area contributed by atoms with Gasteiger partial charge in [0.2, 0.25) is 5.82 Å². The molecule has 0 aliphatic carbocycles. The van der Waals surface area contributed by atoms with Crippen LogP contribution in [0, 0.1) is 6.92 Å². The zero-order valence-electron chi connectivity index (χ0n) is 12.6. The van der Waals surface area contributed by atoms with Gasteiger partial charge >= 0.3 is 0 Å². The summed E-state index contributed by atoms with van der Waals surface area (Å²) in [7, 11) is 0. The number of aryl methyl sites for hydroxylation is 1. The summed E-state index contributed by atoms with van der Waals surface area (Å²) in [6, 6.07) is 13.6. The van der Waals surface area contributed by atoms with Crippen LogP contribution in [0.2, 0.25) is 0 Å². The number of benzene rings is 1. The molecule has 3 aromatic heterocycles. The van der Waals surface area contributed by atoms with Crippen molar-refractivity contribution in [1.29, 1.82) is 0 Å². The first-order valence-corrected chi connectivity index (χ1v) is 8.16. The molecule has 0 aliphatic heterocycles. The van der Waals surface area contributed by atoms with Gasteiger partial charge in [-0.15, -0.1) is 0 Å². The van der Waals surface area contributed by atoms with Gasteiger partial charge in [0.05, 0.1) is 12.0 Å². The maximum atomic E-state index is 5.96. The summed E-state index contributed by atoms with van der Waals surface area (Å²) in [5.41, 5.74) is 3.57. The van der Waals surface area contributed by atoms with Crippen molar-refractivity contribution in [3.8, 4) is 22.8 Å². The molecule has 0 aliphatic rings. The third-order valence-electron chi connectivity index (χ3n) is 3.62. The van der Waals surface area contributed by atoms with Crippen molar-refractivity contribution in [3.05, 3.63) is 60.1 Å². The van der Waals surface area contributed by atoms with Gasteiger partial charge in [-0.05, 0) is 19.1 Å². The van der Waals surface area contributed by atoms with Crippen molar-refractivity contribution in [2.75, 3.05) is 0 Å². The minimum Gasteiger partial charge on any atom is -0.461 e. The molecule has 7 heteroatoms. The molecule has 0 unspecified atom stereocenters. The highest BCUT2D eigenvalue weighted by Gasteiger charge is 2.18. The number of alkyl halides is 2. The van der Waals surface area contributed by atoms with Crippen molar-refractivity contribution < 1.29 is 4.42 Å². The number of nitrogens with zero attached hydrogens (tertiary/aromatic N) is 4. The van der Waals surface area contributed by atoms with Crippen LogP contribution in [0.5, 0.6) is 0 Å². The van der Waals surface area contributed by atoms with Crippen LogP contribution < -0.4 is 0 Å². The average Bonchev–Trinajstić information content (AvgIpc) is 3.24. The Hall–Kier alpha value is -2.37. The molecule has 0 saturated carbocycles. The van der Waals surface area contributed by atoms with Crippen LogP contribution in [-0.2, 0) is 0 Å². The van der Waals surface area contributed by atoms with Gasteiger partial charge in [-0.25, -0.2) is 9.97 Å². The molecule has 0 fully saturated rings. The highest BCUT2D eigenvalue weighted by Crippen LogP contribution is 2.28. The smallest absolute Gasteiger partial charge is 0.200 e. The summed E-state index contributed by atoms with van der Waals surface area (Å²) >= 11 is 11.9. The van der Waals surface area contributed by atoms with E-state index < -0.39 is 4.84 Å². The highest BCUT2D eigenvalue weighted by molar-refractivity contribution is 6.43. The fourth-order valence-corrected chi connectivity index (χ4v) is 2.63. The van der Waals surface area contributed by atoms with Crippen molar-refractivity contribution in [2.24, 2.45) is 0 Å². The Bertz CT molecular complexity index is 992. The van der Waals surface area contributed by atoms with E-state index in [2.05, 4.69) is 15.1 Å². The minimum absolute atomic E-state index is 0.313. The number of hydrogen-bond acceptors (Lipinski definition) is 4. The predicted molar refractivity (Wildman–Crippen MR) is 93.1 cm³/mol. The quantitative estimate of drug-likeness (QED) is 0.492. The third-order valence-corrected chi connectivity index (χ3v) is 4.02. The molecule has 0 N–H and O–H groups in total. The third kappa shape index (κ3) is 2.66. The van der Waals surface area contributed by atoms with Gasteiger partial charge in [-0.2, -0.15) is 9.61 Å². The number of halogens is 2. The van der Waals surface area contributed by atoms with Gasteiger partial charge in [0.25, 0.3) is 0 Å². The summed E-state index contributed by atoms with van der Waals surface area (Å²) < 4.78 is 7.09. The Balaban J connectivity index is 1.94. The fourth-order valence-electron chi connectivity index (χ4n) is 2.43. The first-order chi connectivity index (χ1) is 11.6. The van der Waals surface area contributed by atoms with Crippen LogP contribution in [0.3, 0.4) is 0 Å². The molecule has 4 aromatic rings. The lowest BCUT2D eigenvalue weighted by atomic mass is 10.1. The van der Waals surface area contributed by atoms with E-state index in [-0.39, 0.29) is 0 Å². The number of furan rings is 1. The molecule has 120 valence electrons. The Kier molecular flexibility index (Phi) is 3.75. The first kappa shape index (κ1) is 15.2. The summed E-state index contributed by atoms with van der Waals surface area (Å²) in [5.74, 6) is 1.38. The highest BCUT2D eigenvalue weighted by atomic mass is 35.5. The monoisotopic (exact) mass is 358 g/mol. The molecule has 0 saturated heterocycles. The van der Waals surface area contributed by atoms with Crippen LogP contribution in [0.25, 0.3) is 28.5 Å². The molecular weight excluding hydrogens is 347 g/mol. The Morgan fingerprint density at radius 2 is 1.88 bits per heavy atom. The van der Waals surface area contributed by atoms with Crippen molar-refractivity contribution in [2.45, 2.75) is 11.8 Å². The number of fused-ring (bicyclic) bond motifs is 1. The Morgan fingerprint density at radius 3 is 2.54 bits per heavy atom. The van der Waals surface area contributed by atoms with E-state index in [1.165, 1.54) is 5.56 Å². The van der Waals surface area contributed by atoms with E-state index in [0.717, 1.165) is 11.3 Å². The number of aromatic nitrogens is 4. The molecule has 0 spiro atoms. The Morgan fingerprint density at radius 1 is 1.08 bits per heavy atom. The molecule has 24 heavy (non-hydrogen) atoms. The molecule has 5 nitrogen and oxygen atoms in total. The summed E-state index contributed by atoms with van der Waals surface area (Å²) in [5, 5.41) is 4.61. The second-order valence-electron chi connectivity index (χ2n) is 5.35. The normalized spacial score (nSPS) is 11.5. The standard InChI is InChI=1S/C17H12Cl2N4O/c1-10-4-6-11(7-5-10)12-9-14-20-16(15(18)19)21-17(23(14)22-12)13-3-2-8-24-13/h2-9,15H,1H3. The lowest BCUT2D eigenvalue weighted by Gasteiger charge is -2.05. The zero-order chi connectivity index (χ0) is 16.7. The second-order valence-corrected chi connectivity index (χ2v) is 6.45. The van der Waals surface area contributed by atoms with Crippen molar-refractivity contribution >= 4 is 28.8 Å². The number of hydrogen-bond donors (Lipinski definition) is 0. The summed E-state index contributed by atoms with van der Waals surface area (Å²) in [4.78, 5) is 7.96. The average molecular weight is 359 g/mol. The topological polar surface area (TPSA) is 56.2 Å². The second kappa shape index (κ2) is 5.92. The van der Waals surface area contributed by atoms with Gasteiger partial charge < -0.3 is 4.42 Å². The van der Waals surface area contributed by atoms with E-state index >= 15 is 0 Å². The lowest BCUT2D eigenvalue weighted by Crippen LogP contribution is -2.04. The van der Waals surface area contributed by atoms with Crippen molar-refractivity contribution in [1.82, 2.24) is 19.6 Å². The van der Waals surface area contributed by atoms with Gasteiger partial charge in [0.1, 0.15) is 0 Å². The van der Waals surface area contributed by atoms with E-state index in [1.54, 1.807) is 22.9 Å². The van der Waals surface area contributed by atoms with Gasteiger partial charge in [0.15, 0.2) is 22.1 Å². The van der Waals surface area contributed by atoms with E-state index in [0.29, 0.717) is 23.1 Å². The lowest BCUT2D eigenvalue weighted by molar-refractivity contribution is 0.573. The first-order valence-electron chi connectivity index (χ1n) is 7.28. The maximum absolute atomic E-state index is 5.96. The summed E-state index contributed by atoms with van der Waals surface area (Å²) in [6.07, 6.45) is 1.58. The molecule has 0 atom stereocenters. The molecular formula is C17H12Cl2N4O.